The van der Waals surface area contributed by atoms with Crippen LogP contribution in [0.5, 0.6) is 0 Å². The number of hydrogen-bond acceptors (Lipinski definition) is 1. The van der Waals surface area contributed by atoms with Crippen LogP contribution in [0, 0.1) is 5.92 Å². The lowest BCUT2D eigenvalue weighted by atomic mass is 9.84. The van der Waals surface area contributed by atoms with Crippen LogP contribution in [-0.4, -0.2) is 29.3 Å². The second-order valence-electron chi connectivity index (χ2n) is 4.10. The predicted octanol–water partition coefficient (Wildman–Crippen LogP) is 2.02. The van der Waals surface area contributed by atoms with Crippen LogP contribution in [-0.2, 0) is 4.79 Å². The molecule has 0 unspecified atom stereocenters. The largest absolute Gasteiger partial charge is 0.339 e. The Balaban J connectivity index is 2.09. The van der Waals surface area contributed by atoms with E-state index in [-0.39, 0.29) is 0 Å². The first-order chi connectivity index (χ1) is 6.33. The van der Waals surface area contributed by atoms with Crippen molar-refractivity contribution in [1.29, 1.82) is 0 Å². The summed E-state index contributed by atoms with van der Waals surface area (Å²) < 4.78 is 0. The maximum absolute atomic E-state index is 11.6. The summed E-state index contributed by atoms with van der Waals surface area (Å²) in [5, 5.41) is 0. The van der Waals surface area contributed by atoms with Gasteiger partial charge in [-0.2, -0.15) is 0 Å². The maximum atomic E-state index is 11.6. The molecular weight excluding hydrogens is 186 g/mol. The Morgan fingerprint density at radius 1 is 1.38 bits per heavy atom. The van der Waals surface area contributed by atoms with Crippen molar-refractivity contribution in [2.45, 2.75) is 38.1 Å². The van der Waals surface area contributed by atoms with Crippen molar-refractivity contribution in [2.75, 3.05) is 12.4 Å². The fourth-order valence-corrected chi connectivity index (χ4v) is 2.94. The predicted molar refractivity (Wildman–Crippen MR) is 52.8 cm³/mol. The smallest absolute Gasteiger partial charge is 0.222 e. The summed E-state index contributed by atoms with van der Waals surface area (Å²) in [5.74, 6) is 1.62. The first-order valence-electron chi connectivity index (χ1n) is 5.18. The monoisotopic (exact) mass is 201 g/mol. The average molecular weight is 202 g/mol. The summed E-state index contributed by atoms with van der Waals surface area (Å²) in [7, 11) is 0. The van der Waals surface area contributed by atoms with Crippen LogP contribution in [0.3, 0.4) is 0 Å². The lowest BCUT2D eigenvalue weighted by molar-refractivity contribution is -0.140. The number of carbonyl (C=O) groups excluding carboxylic acids is 1. The minimum Gasteiger partial charge on any atom is -0.339 e. The molecule has 13 heavy (non-hydrogen) atoms. The van der Waals surface area contributed by atoms with Crippen LogP contribution in [0.4, 0.5) is 0 Å². The molecule has 2 aliphatic heterocycles. The van der Waals surface area contributed by atoms with Crippen LogP contribution in [0.2, 0.25) is 0 Å². The second-order valence-corrected chi connectivity index (χ2v) is 4.41. The highest BCUT2D eigenvalue weighted by Gasteiger charge is 2.36. The third-order valence-corrected chi connectivity index (χ3v) is 3.74. The Morgan fingerprint density at radius 2 is 2.23 bits per heavy atom. The molecule has 0 radical (unpaired) electrons. The van der Waals surface area contributed by atoms with Gasteiger partial charge in [0.2, 0.25) is 5.91 Å². The highest BCUT2D eigenvalue weighted by molar-refractivity contribution is 6.18. The number of nitrogens with zero attached hydrogens (tertiary/aromatic N) is 1. The van der Waals surface area contributed by atoms with Crippen molar-refractivity contribution in [2.24, 2.45) is 5.92 Å². The number of fused-ring (bicyclic) bond motifs is 1. The van der Waals surface area contributed by atoms with Crippen molar-refractivity contribution in [1.82, 2.24) is 4.90 Å². The summed E-state index contributed by atoms with van der Waals surface area (Å²) >= 11 is 5.91. The quantitative estimate of drug-likeness (QED) is 0.595. The number of halogens is 1. The van der Waals surface area contributed by atoms with Crippen LogP contribution < -0.4 is 0 Å². The van der Waals surface area contributed by atoms with E-state index < -0.39 is 0 Å². The number of carbonyl (C=O) groups is 1. The Hall–Kier alpha value is -0.240. The van der Waals surface area contributed by atoms with Gasteiger partial charge in [-0.3, -0.25) is 4.79 Å². The van der Waals surface area contributed by atoms with E-state index in [0.29, 0.717) is 30.2 Å². The van der Waals surface area contributed by atoms with Gasteiger partial charge >= 0.3 is 0 Å². The molecule has 1 amide bonds. The fraction of sp³-hybridized carbons (Fsp3) is 0.900. The molecule has 0 spiro atoms. The Morgan fingerprint density at radius 3 is 3.00 bits per heavy atom. The van der Waals surface area contributed by atoms with Gasteiger partial charge in [-0.05, 0) is 31.6 Å². The van der Waals surface area contributed by atoms with E-state index in [9.17, 15) is 4.79 Å². The molecule has 0 N–H and O–H groups in total. The van der Waals surface area contributed by atoms with Gasteiger partial charge in [0, 0.05) is 24.9 Å². The molecule has 3 heteroatoms. The van der Waals surface area contributed by atoms with E-state index in [2.05, 4.69) is 4.90 Å². The summed E-state index contributed by atoms with van der Waals surface area (Å²) in [5.41, 5.74) is 0. The van der Waals surface area contributed by atoms with E-state index in [1.54, 1.807) is 0 Å². The van der Waals surface area contributed by atoms with Crippen LogP contribution in [0.1, 0.15) is 32.1 Å². The third-order valence-electron chi connectivity index (χ3n) is 3.34. The van der Waals surface area contributed by atoms with Gasteiger partial charge in [0.05, 0.1) is 0 Å². The van der Waals surface area contributed by atoms with Crippen molar-refractivity contribution in [3.05, 3.63) is 0 Å². The van der Waals surface area contributed by atoms with Gasteiger partial charge in [0.15, 0.2) is 0 Å². The molecule has 2 saturated heterocycles. The van der Waals surface area contributed by atoms with E-state index in [0.717, 1.165) is 13.0 Å². The van der Waals surface area contributed by atoms with Crippen LogP contribution >= 0.6 is 11.6 Å². The van der Waals surface area contributed by atoms with Gasteiger partial charge < -0.3 is 4.90 Å². The molecule has 0 aromatic heterocycles. The zero-order chi connectivity index (χ0) is 9.26. The summed E-state index contributed by atoms with van der Waals surface area (Å²) in [4.78, 5) is 13.6. The van der Waals surface area contributed by atoms with Crippen molar-refractivity contribution >= 4 is 17.5 Å². The molecule has 0 aromatic carbocycles. The molecule has 2 atom stereocenters. The van der Waals surface area contributed by atoms with Gasteiger partial charge in [0.1, 0.15) is 0 Å². The minimum atomic E-state index is 0.353. The number of hydrogen-bond donors (Lipinski definition) is 0. The van der Waals surface area contributed by atoms with Gasteiger partial charge in [-0.25, -0.2) is 0 Å². The fourth-order valence-electron chi connectivity index (χ4n) is 2.58. The van der Waals surface area contributed by atoms with E-state index in [1.807, 2.05) is 0 Å². The van der Waals surface area contributed by atoms with Crippen molar-refractivity contribution in [3.8, 4) is 0 Å². The number of rotatable bonds is 1. The van der Waals surface area contributed by atoms with E-state index in [1.165, 1.54) is 19.3 Å². The van der Waals surface area contributed by atoms with Crippen molar-refractivity contribution < 1.29 is 4.79 Å². The molecule has 2 rings (SSSR count). The molecular formula is C10H16ClNO. The molecule has 2 heterocycles. The lowest BCUT2D eigenvalue weighted by Crippen LogP contribution is -2.51. The van der Waals surface area contributed by atoms with Gasteiger partial charge in [0.25, 0.3) is 0 Å². The minimum absolute atomic E-state index is 0.353. The van der Waals surface area contributed by atoms with Crippen LogP contribution in [0.15, 0.2) is 0 Å². The molecule has 2 aliphatic rings. The lowest BCUT2D eigenvalue weighted by Gasteiger charge is -2.43. The van der Waals surface area contributed by atoms with Gasteiger partial charge in [-0.1, -0.05) is 0 Å². The first kappa shape index (κ1) is 9.32. The van der Waals surface area contributed by atoms with Gasteiger partial charge in [-0.15, -0.1) is 11.6 Å². The Kier molecular flexibility index (Phi) is 2.77. The number of amides is 1. The molecule has 74 valence electrons. The van der Waals surface area contributed by atoms with E-state index in [4.69, 9.17) is 11.6 Å². The number of piperidine rings is 2. The molecule has 0 aromatic rings. The SMILES string of the molecule is O=C1CC[C@H](CCl)[C@@H]2CCCCN12. The third kappa shape index (κ3) is 1.69. The molecule has 2 nitrogen and oxygen atoms in total. The van der Waals surface area contributed by atoms with Crippen LogP contribution in [0.25, 0.3) is 0 Å². The topological polar surface area (TPSA) is 20.3 Å². The molecule has 0 saturated carbocycles. The van der Waals surface area contributed by atoms with Crippen molar-refractivity contribution in [3.63, 3.8) is 0 Å². The zero-order valence-corrected chi connectivity index (χ0v) is 8.59. The maximum Gasteiger partial charge on any atom is 0.222 e. The average Bonchev–Trinajstić information content (AvgIpc) is 2.19. The summed E-state index contributed by atoms with van der Waals surface area (Å²) in [6, 6.07) is 0.465. The molecule has 0 bridgehead atoms. The first-order valence-corrected chi connectivity index (χ1v) is 5.72. The summed E-state index contributed by atoms with van der Waals surface area (Å²) in [6.07, 6.45) is 5.33. The normalized spacial score (nSPS) is 34.5. The Bertz CT molecular complexity index is 207. The summed E-state index contributed by atoms with van der Waals surface area (Å²) in [6.45, 7) is 0.969. The molecule has 2 fully saturated rings. The van der Waals surface area contributed by atoms with E-state index >= 15 is 0 Å². The second kappa shape index (κ2) is 3.87. The Labute approximate surface area is 84.2 Å². The highest BCUT2D eigenvalue weighted by atomic mass is 35.5. The molecule has 0 aliphatic carbocycles. The highest BCUT2D eigenvalue weighted by Crippen LogP contribution is 2.31. The standard InChI is InChI=1S/C10H16ClNO/c11-7-8-4-5-10(13)12-6-2-1-3-9(8)12/h8-9H,1-7H2/t8-,9+/m1/s1. The zero-order valence-electron chi connectivity index (χ0n) is 7.84. The number of alkyl halides is 1.